The normalized spacial score (nSPS) is 35.1. The quantitative estimate of drug-likeness (QED) is 0.705. The van der Waals surface area contributed by atoms with Gasteiger partial charge in [-0.3, -0.25) is 4.99 Å². The molecule has 0 spiro atoms. The molecule has 124 valence electrons. The first kappa shape index (κ1) is 15.2. The summed E-state index contributed by atoms with van der Waals surface area (Å²) in [5.74, 6) is 2.93. The number of hydrogen-bond donors (Lipinski definition) is 0. The van der Waals surface area contributed by atoms with Crippen molar-refractivity contribution in [3.63, 3.8) is 0 Å². The van der Waals surface area contributed by atoms with Crippen molar-refractivity contribution >= 4 is 11.9 Å². The number of hydrogen-bond acceptors (Lipinski definition) is 2. The largest absolute Gasteiger partial charge is 0.372 e. The lowest BCUT2D eigenvalue weighted by molar-refractivity contribution is 0.00195. The highest BCUT2D eigenvalue weighted by Gasteiger charge is 2.50. The third-order valence-electron chi connectivity index (χ3n) is 6.52. The topological polar surface area (TPSA) is 15.6 Å². The van der Waals surface area contributed by atoms with E-state index in [0.717, 1.165) is 30.8 Å². The van der Waals surface area contributed by atoms with Crippen molar-refractivity contribution in [2.45, 2.75) is 57.9 Å². The van der Waals surface area contributed by atoms with Gasteiger partial charge in [0.15, 0.2) is 0 Å². The predicted octanol–water partition coefficient (Wildman–Crippen LogP) is 4.92. The molecule has 4 aliphatic carbocycles. The Bertz CT molecular complexity index is 533. The highest BCUT2D eigenvalue weighted by Crippen LogP contribution is 2.57. The third kappa shape index (κ3) is 2.93. The van der Waals surface area contributed by atoms with E-state index in [2.05, 4.69) is 49.2 Å². The first-order valence-electron chi connectivity index (χ1n) is 9.60. The van der Waals surface area contributed by atoms with Crippen LogP contribution in [0.3, 0.4) is 0 Å². The fourth-order valence-electron chi connectivity index (χ4n) is 5.79. The van der Waals surface area contributed by atoms with Crippen molar-refractivity contribution in [3.05, 3.63) is 29.8 Å². The zero-order valence-corrected chi connectivity index (χ0v) is 14.7. The first-order chi connectivity index (χ1) is 11.2. The highest BCUT2D eigenvalue weighted by molar-refractivity contribution is 5.80. The minimum Gasteiger partial charge on any atom is -0.372 e. The van der Waals surface area contributed by atoms with E-state index in [4.69, 9.17) is 4.99 Å². The van der Waals surface area contributed by atoms with Crippen molar-refractivity contribution in [2.75, 3.05) is 18.0 Å². The molecule has 1 aromatic rings. The van der Waals surface area contributed by atoms with Crippen LogP contribution in [-0.2, 0) is 0 Å². The predicted molar refractivity (Wildman–Crippen MR) is 98.5 cm³/mol. The maximum atomic E-state index is 5.16. The van der Waals surface area contributed by atoms with E-state index in [9.17, 15) is 0 Å². The van der Waals surface area contributed by atoms with Gasteiger partial charge in [0.25, 0.3) is 0 Å². The maximum absolute atomic E-state index is 5.16. The summed E-state index contributed by atoms with van der Waals surface area (Å²) < 4.78 is 0. The molecule has 4 fully saturated rings. The minimum atomic E-state index is 0.298. The van der Waals surface area contributed by atoms with Crippen LogP contribution in [0.4, 0.5) is 5.69 Å². The van der Waals surface area contributed by atoms with E-state index in [1.165, 1.54) is 49.8 Å². The van der Waals surface area contributed by atoms with Crippen molar-refractivity contribution < 1.29 is 0 Å². The molecule has 0 amide bonds. The van der Waals surface area contributed by atoms with E-state index in [1.54, 1.807) is 0 Å². The summed E-state index contributed by atoms with van der Waals surface area (Å²) in [5, 5.41) is 0. The van der Waals surface area contributed by atoms with Gasteiger partial charge in [0.05, 0.1) is 5.54 Å². The van der Waals surface area contributed by atoms with Gasteiger partial charge >= 0.3 is 0 Å². The molecule has 4 aliphatic rings. The second-order valence-electron chi connectivity index (χ2n) is 8.16. The fraction of sp³-hybridized carbons (Fsp3) is 0.667. The molecule has 2 heteroatoms. The molecule has 0 saturated heterocycles. The summed E-state index contributed by atoms with van der Waals surface area (Å²) in [6, 6.07) is 8.96. The number of benzene rings is 1. The first-order valence-corrected chi connectivity index (χ1v) is 9.60. The lowest BCUT2D eigenvalue weighted by Gasteiger charge is -2.54. The van der Waals surface area contributed by atoms with E-state index < -0.39 is 0 Å². The second kappa shape index (κ2) is 5.96. The molecule has 5 rings (SSSR count). The number of rotatable bonds is 5. The molecule has 1 aromatic carbocycles. The van der Waals surface area contributed by atoms with Gasteiger partial charge in [-0.1, -0.05) is 12.1 Å². The van der Waals surface area contributed by atoms with E-state index in [1.807, 2.05) is 0 Å². The smallest absolute Gasteiger partial charge is 0.0616 e. The molecule has 2 nitrogen and oxygen atoms in total. The molecular formula is C21H30N2. The summed E-state index contributed by atoms with van der Waals surface area (Å²) in [5.41, 5.74) is 2.88. The molecule has 23 heavy (non-hydrogen) atoms. The van der Waals surface area contributed by atoms with E-state index in [0.29, 0.717) is 5.54 Å². The summed E-state index contributed by atoms with van der Waals surface area (Å²) in [7, 11) is 0. The monoisotopic (exact) mass is 310 g/mol. The molecule has 0 radical (unpaired) electrons. The zero-order valence-electron chi connectivity index (χ0n) is 14.7. The number of aliphatic imine (C=N–C) groups is 1. The van der Waals surface area contributed by atoms with Crippen LogP contribution in [0.5, 0.6) is 0 Å². The van der Waals surface area contributed by atoms with E-state index >= 15 is 0 Å². The molecule has 4 saturated carbocycles. The van der Waals surface area contributed by atoms with Gasteiger partial charge < -0.3 is 4.90 Å². The average Bonchev–Trinajstić information content (AvgIpc) is 2.54. The Labute approximate surface area is 141 Å². The Kier molecular flexibility index (Phi) is 3.95. The van der Waals surface area contributed by atoms with Crippen molar-refractivity contribution in [2.24, 2.45) is 22.7 Å². The van der Waals surface area contributed by atoms with Gasteiger partial charge in [-0.15, -0.1) is 0 Å². The molecule has 0 N–H and O–H groups in total. The Hall–Kier alpha value is -1.31. The standard InChI is InChI=1S/C21H30N2/c1-3-23(4-2)20-7-5-16(6-8-20)15-22-21-12-17-9-18(13-21)11-19(10-17)14-21/h5-8,15,17-19H,3-4,9-14H2,1-2H3/b22-15+. The molecular weight excluding hydrogens is 280 g/mol. The van der Waals surface area contributed by atoms with Gasteiger partial charge in [-0.25, -0.2) is 0 Å². The van der Waals surface area contributed by atoms with E-state index in [-0.39, 0.29) is 0 Å². The van der Waals surface area contributed by atoms with Gasteiger partial charge in [-0.2, -0.15) is 0 Å². The molecule has 4 bridgehead atoms. The fourth-order valence-corrected chi connectivity index (χ4v) is 5.79. The summed E-state index contributed by atoms with van der Waals surface area (Å²) in [4.78, 5) is 7.55. The Morgan fingerprint density at radius 1 is 0.957 bits per heavy atom. The van der Waals surface area contributed by atoms with Crippen LogP contribution < -0.4 is 4.90 Å². The number of anilines is 1. The third-order valence-corrected chi connectivity index (χ3v) is 6.52. The van der Waals surface area contributed by atoms with Crippen molar-refractivity contribution in [1.82, 2.24) is 0 Å². The van der Waals surface area contributed by atoms with Crippen LogP contribution in [0.2, 0.25) is 0 Å². The average molecular weight is 310 g/mol. The molecule has 0 unspecified atom stereocenters. The molecule has 0 aliphatic heterocycles. The van der Waals surface area contributed by atoms with Crippen molar-refractivity contribution in [3.8, 4) is 0 Å². The number of nitrogens with zero attached hydrogens (tertiary/aromatic N) is 2. The SMILES string of the molecule is CCN(CC)c1ccc(/C=N/C23CC4CC(CC(C4)C2)C3)cc1. The Morgan fingerprint density at radius 3 is 1.96 bits per heavy atom. The van der Waals surface area contributed by atoms with Crippen LogP contribution in [0.1, 0.15) is 57.9 Å². The highest BCUT2D eigenvalue weighted by atomic mass is 15.1. The van der Waals surface area contributed by atoms with Crippen LogP contribution in [0.15, 0.2) is 29.3 Å². The van der Waals surface area contributed by atoms with Crippen LogP contribution >= 0.6 is 0 Å². The zero-order chi connectivity index (χ0) is 15.9. The lowest BCUT2D eigenvalue weighted by Crippen LogP contribution is -2.49. The van der Waals surface area contributed by atoms with Crippen molar-refractivity contribution in [1.29, 1.82) is 0 Å². The maximum Gasteiger partial charge on any atom is 0.0616 e. The second-order valence-corrected chi connectivity index (χ2v) is 8.16. The van der Waals surface area contributed by atoms with Crippen LogP contribution in [0, 0.1) is 17.8 Å². The molecule has 0 atom stereocenters. The summed E-state index contributed by atoms with van der Waals surface area (Å²) in [6.45, 7) is 6.56. The Balaban J connectivity index is 1.48. The molecule has 0 heterocycles. The van der Waals surface area contributed by atoms with Gasteiger partial charge in [-0.05, 0) is 87.8 Å². The summed E-state index contributed by atoms with van der Waals surface area (Å²) >= 11 is 0. The minimum absolute atomic E-state index is 0.298. The van der Waals surface area contributed by atoms with Gasteiger partial charge in [0.2, 0.25) is 0 Å². The van der Waals surface area contributed by atoms with Gasteiger partial charge in [0.1, 0.15) is 0 Å². The Morgan fingerprint density at radius 2 is 1.48 bits per heavy atom. The van der Waals surface area contributed by atoms with Crippen LogP contribution in [-0.4, -0.2) is 24.8 Å². The lowest BCUT2D eigenvalue weighted by atomic mass is 9.53. The summed E-state index contributed by atoms with van der Waals surface area (Å²) in [6.07, 6.45) is 10.7. The van der Waals surface area contributed by atoms with Crippen LogP contribution in [0.25, 0.3) is 0 Å². The van der Waals surface area contributed by atoms with Gasteiger partial charge in [0, 0.05) is 25.0 Å². The molecule has 0 aromatic heterocycles.